The molecule has 4 rings (SSSR count). The Labute approximate surface area is 197 Å². The summed E-state index contributed by atoms with van der Waals surface area (Å²) in [4.78, 5) is 13.7. The van der Waals surface area contributed by atoms with Gasteiger partial charge in [-0.2, -0.15) is 0 Å². The second kappa shape index (κ2) is 9.79. The Morgan fingerprint density at radius 1 is 0.697 bits per heavy atom. The van der Waals surface area contributed by atoms with Crippen LogP contribution in [0.4, 0.5) is 0 Å². The van der Waals surface area contributed by atoms with Crippen LogP contribution in [0.3, 0.4) is 0 Å². The molecule has 0 unspecified atom stereocenters. The molecule has 0 aliphatic heterocycles. The molecule has 1 heterocycles. The number of rotatable bonds is 9. The Balaban J connectivity index is 2.11. The van der Waals surface area contributed by atoms with Crippen LogP contribution in [0.1, 0.15) is 19.3 Å². The van der Waals surface area contributed by atoms with Crippen LogP contribution in [0.2, 0.25) is 0 Å². The van der Waals surface area contributed by atoms with Crippen LogP contribution in [-0.4, -0.2) is 38.9 Å². The van der Waals surface area contributed by atoms with Gasteiger partial charge in [0, 0.05) is 18.6 Å². The Bertz CT molecular complexity index is 1380. The van der Waals surface area contributed by atoms with Crippen molar-refractivity contribution in [3.05, 3.63) is 46.9 Å². The fourth-order valence-electron chi connectivity index (χ4n) is 4.42. The minimum Gasteiger partial charge on any atom is -0.493 e. The first-order chi connectivity index (χ1) is 16.1. The number of ether oxygens (including phenoxy) is 4. The van der Waals surface area contributed by atoms with E-state index in [0.717, 1.165) is 46.2 Å². The average Bonchev–Trinajstić information content (AvgIpc) is 2.85. The van der Waals surface area contributed by atoms with E-state index in [1.807, 2.05) is 36.5 Å². The summed E-state index contributed by atoms with van der Waals surface area (Å²) < 4.78 is 24.0. The number of fused-ring (bicyclic) bond motifs is 6. The summed E-state index contributed by atoms with van der Waals surface area (Å²) in [5.41, 5.74) is -0.0349. The Kier molecular flexibility index (Phi) is 6.84. The number of halogens is 1. The lowest BCUT2D eigenvalue weighted by Gasteiger charge is -2.17. The lowest BCUT2D eigenvalue weighted by Crippen LogP contribution is -2.20. The number of benzene rings is 3. The van der Waals surface area contributed by atoms with E-state index >= 15 is 0 Å². The maximum Gasteiger partial charge on any atom is 0.259 e. The first-order valence-electron chi connectivity index (χ1n) is 10.9. The minimum absolute atomic E-state index is 0.0349. The molecule has 33 heavy (non-hydrogen) atoms. The van der Waals surface area contributed by atoms with E-state index in [1.54, 1.807) is 33.0 Å². The zero-order valence-electron chi connectivity index (χ0n) is 19.4. The number of hydrogen-bond donors (Lipinski definition) is 0. The van der Waals surface area contributed by atoms with Crippen molar-refractivity contribution in [2.24, 2.45) is 0 Å². The zero-order chi connectivity index (χ0) is 23.5. The topological polar surface area (TPSA) is 58.9 Å². The number of aromatic nitrogens is 1. The molecular weight excluding hydrogens is 442 g/mol. The first-order valence-corrected chi connectivity index (χ1v) is 11.4. The molecule has 0 aliphatic carbocycles. The molecule has 0 saturated heterocycles. The number of hydrogen-bond acceptors (Lipinski definition) is 5. The number of alkyl halides is 1. The molecule has 174 valence electrons. The second-order valence-electron chi connectivity index (χ2n) is 7.86. The molecule has 0 spiro atoms. The molecule has 0 bridgehead atoms. The lowest BCUT2D eigenvalue weighted by atomic mass is 9.94. The van der Waals surface area contributed by atoms with Gasteiger partial charge >= 0.3 is 0 Å². The summed E-state index contributed by atoms with van der Waals surface area (Å²) in [7, 11) is 6.41. The maximum absolute atomic E-state index is 13.7. The quantitative estimate of drug-likeness (QED) is 0.177. The molecule has 0 saturated carbocycles. The molecule has 0 amide bonds. The van der Waals surface area contributed by atoms with Crippen molar-refractivity contribution in [1.29, 1.82) is 0 Å². The molecule has 0 aliphatic rings. The van der Waals surface area contributed by atoms with Crippen LogP contribution in [-0.2, 0) is 6.54 Å². The Morgan fingerprint density at radius 2 is 1.18 bits per heavy atom. The van der Waals surface area contributed by atoms with Crippen molar-refractivity contribution in [2.75, 3.05) is 34.3 Å². The number of methoxy groups -OCH3 is 4. The van der Waals surface area contributed by atoms with E-state index in [-0.39, 0.29) is 5.56 Å². The number of aryl methyl sites for hydroxylation is 1. The average molecular weight is 470 g/mol. The smallest absolute Gasteiger partial charge is 0.259 e. The van der Waals surface area contributed by atoms with Crippen LogP contribution in [0.5, 0.6) is 23.0 Å². The Morgan fingerprint density at radius 3 is 1.70 bits per heavy atom. The van der Waals surface area contributed by atoms with Gasteiger partial charge < -0.3 is 23.5 Å². The van der Waals surface area contributed by atoms with E-state index in [9.17, 15) is 4.79 Å². The summed E-state index contributed by atoms with van der Waals surface area (Å²) in [6, 6.07) is 9.67. The Hall–Kier alpha value is -3.12. The lowest BCUT2D eigenvalue weighted by molar-refractivity contribution is 0.355. The highest BCUT2D eigenvalue weighted by Crippen LogP contribution is 2.43. The van der Waals surface area contributed by atoms with Gasteiger partial charge in [0.05, 0.1) is 33.8 Å². The molecule has 4 aromatic rings. The van der Waals surface area contributed by atoms with Crippen molar-refractivity contribution in [2.45, 2.75) is 25.8 Å². The summed E-state index contributed by atoms with van der Waals surface area (Å²) >= 11 is 5.80. The monoisotopic (exact) mass is 469 g/mol. The fraction of sp³-hybridized carbons (Fsp3) is 0.346. The van der Waals surface area contributed by atoms with Crippen molar-refractivity contribution in [3.63, 3.8) is 0 Å². The highest BCUT2D eigenvalue weighted by molar-refractivity contribution is 6.26. The molecule has 0 atom stereocenters. The van der Waals surface area contributed by atoms with Crippen molar-refractivity contribution >= 4 is 43.9 Å². The summed E-state index contributed by atoms with van der Waals surface area (Å²) in [6.07, 6.45) is 4.68. The van der Waals surface area contributed by atoms with E-state index in [0.29, 0.717) is 40.8 Å². The van der Waals surface area contributed by atoms with Gasteiger partial charge in [-0.25, -0.2) is 0 Å². The normalized spacial score (nSPS) is 11.3. The molecular formula is C26H28ClNO5. The van der Waals surface area contributed by atoms with Crippen LogP contribution >= 0.6 is 11.6 Å². The zero-order valence-corrected chi connectivity index (χ0v) is 20.1. The summed E-state index contributed by atoms with van der Waals surface area (Å²) in [5, 5.41) is 5.04. The number of unbranched alkanes of at least 4 members (excludes halogenated alkanes) is 2. The van der Waals surface area contributed by atoms with Crippen molar-refractivity contribution in [3.8, 4) is 23.0 Å². The van der Waals surface area contributed by atoms with Crippen molar-refractivity contribution in [1.82, 2.24) is 4.57 Å². The minimum atomic E-state index is -0.0349. The molecule has 0 radical (unpaired) electrons. The fourth-order valence-corrected chi connectivity index (χ4v) is 4.61. The van der Waals surface area contributed by atoms with Crippen molar-refractivity contribution < 1.29 is 18.9 Å². The number of nitrogens with zero attached hydrogens (tertiary/aromatic N) is 1. The van der Waals surface area contributed by atoms with Gasteiger partial charge in [-0.05, 0) is 70.1 Å². The van der Waals surface area contributed by atoms with Gasteiger partial charge in [0.1, 0.15) is 0 Å². The standard InChI is InChI=1S/C26H28ClNO5/c1-30-21-12-17-16-8-11-28(10-7-5-6-9-27)26(29)25(16)20-15-24(33-4)23(32-3)14-19(20)18(17)13-22(21)31-2/h8,11-15H,5-7,9-10H2,1-4H3. The van der Waals surface area contributed by atoms with Gasteiger partial charge in [0.25, 0.3) is 5.56 Å². The largest absolute Gasteiger partial charge is 0.493 e. The second-order valence-corrected chi connectivity index (χ2v) is 8.24. The maximum atomic E-state index is 13.7. The molecule has 6 nitrogen and oxygen atoms in total. The molecule has 0 N–H and O–H groups in total. The first kappa shape index (κ1) is 23.1. The van der Waals surface area contributed by atoms with Crippen LogP contribution in [0.25, 0.3) is 32.3 Å². The van der Waals surface area contributed by atoms with Gasteiger partial charge in [-0.3, -0.25) is 4.79 Å². The van der Waals surface area contributed by atoms with Crippen LogP contribution in [0.15, 0.2) is 41.3 Å². The van der Waals surface area contributed by atoms with E-state index in [4.69, 9.17) is 30.5 Å². The predicted octanol–water partition coefficient (Wildman–Crippen LogP) is 5.75. The SMILES string of the molecule is COc1cc2c(cc1OC)c1ccn(CCCCCCl)c(=O)c1c1cc(OC)c(OC)cc21. The molecule has 1 aromatic heterocycles. The molecule has 7 heteroatoms. The van der Waals surface area contributed by atoms with Gasteiger partial charge in [-0.15, -0.1) is 11.6 Å². The van der Waals surface area contributed by atoms with E-state index in [1.165, 1.54) is 0 Å². The highest BCUT2D eigenvalue weighted by atomic mass is 35.5. The van der Waals surface area contributed by atoms with E-state index in [2.05, 4.69) is 0 Å². The van der Waals surface area contributed by atoms with Gasteiger partial charge in [-0.1, -0.05) is 6.42 Å². The van der Waals surface area contributed by atoms with E-state index < -0.39 is 0 Å². The molecule has 0 fully saturated rings. The van der Waals surface area contributed by atoms with Crippen LogP contribution in [0, 0.1) is 0 Å². The third-order valence-electron chi connectivity index (χ3n) is 6.09. The summed E-state index contributed by atoms with van der Waals surface area (Å²) in [6.45, 7) is 0.643. The number of pyridine rings is 1. The summed E-state index contributed by atoms with van der Waals surface area (Å²) in [5.74, 6) is 3.03. The van der Waals surface area contributed by atoms with Gasteiger partial charge in [0.15, 0.2) is 23.0 Å². The predicted molar refractivity (Wildman–Crippen MR) is 134 cm³/mol. The third kappa shape index (κ3) is 4.04. The molecule has 3 aromatic carbocycles. The van der Waals surface area contributed by atoms with Crippen LogP contribution < -0.4 is 24.5 Å². The van der Waals surface area contributed by atoms with Gasteiger partial charge in [0.2, 0.25) is 0 Å². The third-order valence-corrected chi connectivity index (χ3v) is 6.36. The highest BCUT2D eigenvalue weighted by Gasteiger charge is 2.18.